The van der Waals surface area contributed by atoms with Crippen molar-refractivity contribution >= 4 is 23.5 Å². The molecule has 0 N–H and O–H groups in total. The number of unbranched alkanes of at least 4 members (excludes halogenated alkanes) is 9. The monoisotopic (exact) mass is 410 g/mol. The van der Waals surface area contributed by atoms with Crippen molar-refractivity contribution < 1.29 is 9.47 Å². The molecule has 0 atom stereocenters. The van der Waals surface area contributed by atoms with E-state index in [4.69, 9.17) is 9.47 Å². The van der Waals surface area contributed by atoms with Crippen LogP contribution in [0.15, 0.2) is 18.2 Å². The third kappa shape index (κ3) is 9.04. The zero-order valence-corrected chi connectivity index (χ0v) is 19.0. The van der Waals surface area contributed by atoms with E-state index in [1.165, 1.54) is 81.3 Å². The van der Waals surface area contributed by atoms with Gasteiger partial charge in [0.25, 0.3) is 0 Å². The Bertz CT molecular complexity index is 501. The van der Waals surface area contributed by atoms with E-state index in [-0.39, 0.29) is 0 Å². The van der Waals surface area contributed by atoms with Crippen molar-refractivity contribution in [3.05, 3.63) is 23.8 Å². The molecule has 1 heterocycles. The number of ether oxygens (including phenoxy) is 2. The zero-order chi connectivity index (χ0) is 19.2. The van der Waals surface area contributed by atoms with E-state index >= 15 is 0 Å². The van der Waals surface area contributed by atoms with Gasteiger partial charge in [-0.3, -0.25) is 0 Å². The van der Waals surface area contributed by atoms with E-state index in [0.29, 0.717) is 4.58 Å². The fourth-order valence-electron chi connectivity index (χ4n) is 3.40. The first kappa shape index (κ1) is 22.8. The first-order chi connectivity index (χ1) is 13.3. The van der Waals surface area contributed by atoms with E-state index in [0.717, 1.165) is 24.5 Å². The number of thioether (sulfide) groups is 2. The normalized spacial score (nSPS) is 15.0. The second kappa shape index (κ2) is 14.5. The Balaban J connectivity index is 1.60. The van der Waals surface area contributed by atoms with Gasteiger partial charge in [0.15, 0.2) is 11.5 Å². The topological polar surface area (TPSA) is 18.5 Å². The second-order valence-electron chi connectivity index (χ2n) is 7.37. The summed E-state index contributed by atoms with van der Waals surface area (Å²) >= 11 is 4.09. The molecule has 0 unspecified atom stereocenters. The van der Waals surface area contributed by atoms with Crippen LogP contribution in [0.25, 0.3) is 0 Å². The molecule has 2 rings (SSSR count). The van der Waals surface area contributed by atoms with Gasteiger partial charge < -0.3 is 9.47 Å². The lowest BCUT2D eigenvalue weighted by Gasteiger charge is -2.22. The maximum Gasteiger partial charge on any atom is 0.161 e. The highest BCUT2D eigenvalue weighted by molar-refractivity contribution is 8.16. The standard InChI is InChI=1S/C23H38O2S2/c1-3-4-5-6-7-8-9-10-11-12-16-25-21-15-14-20(19-22(21)24-2)23-26-17-13-18-27-23/h14-15,19,23H,3-13,16-18H2,1-2H3. The van der Waals surface area contributed by atoms with Gasteiger partial charge in [-0.2, -0.15) is 0 Å². The molecule has 0 aromatic heterocycles. The molecule has 2 nitrogen and oxygen atoms in total. The van der Waals surface area contributed by atoms with Gasteiger partial charge in [0, 0.05) is 0 Å². The van der Waals surface area contributed by atoms with Crippen LogP contribution < -0.4 is 9.47 Å². The van der Waals surface area contributed by atoms with Gasteiger partial charge in [-0.05, 0) is 42.0 Å². The minimum Gasteiger partial charge on any atom is -0.493 e. The molecular formula is C23H38O2S2. The molecule has 1 saturated heterocycles. The van der Waals surface area contributed by atoms with Crippen molar-refractivity contribution in [1.82, 2.24) is 0 Å². The molecule has 154 valence electrons. The number of benzene rings is 1. The molecule has 1 fully saturated rings. The van der Waals surface area contributed by atoms with E-state index in [9.17, 15) is 0 Å². The molecule has 0 spiro atoms. The first-order valence-electron chi connectivity index (χ1n) is 10.9. The SMILES string of the molecule is CCCCCCCCCCCCOc1ccc(C2SCCCS2)cc1OC. The largest absolute Gasteiger partial charge is 0.493 e. The molecule has 0 radical (unpaired) electrons. The summed E-state index contributed by atoms with van der Waals surface area (Å²) in [5, 5.41) is 0. The lowest BCUT2D eigenvalue weighted by atomic mass is 10.1. The van der Waals surface area contributed by atoms with E-state index in [2.05, 4.69) is 25.1 Å². The van der Waals surface area contributed by atoms with E-state index < -0.39 is 0 Å². The summed E-state index contributed by atoms with van der Waals surface area (Å²) in [7, 11) is 1.74. The van der Waals surface area contributed by atoms with Crippen LogP contribution in [-0.4, -0.2) is 25.2 Å². The molecule has 1 aliphatic rings. The van der Waals surface area contributed by atoms with Crippen LogP contribution in [0.2, 0.25) is 0 Å². The van der Waals surface area contributed by atoms with Gasteiger partial charge in [-0.25, -0.2) is 0 Å². The van der Waals surface area contributed by atoms with Crippen molar-refractivity contribution in [2.24, 2.45) is 0 Å². The van der Waals surface area contributed by atoms with Crippen molar-refractivity contribution in [1.29, 1.82) is 0 Å². The summed E-state index contributed by atoms with van der Waals surface area (Å²) < 4.78 is 12.1. The molecule has 0 saturated carbocycles. The summed E-state index contributed by atoms with van der Waals surface area (Å²) in [5.74, 6) is 4.29. The van der Waals surface area contributed by atoms with Crippen LogP contribution >= 0.6 is 23.5 Å². The van der Waals surface area contributed by atoms with Crippen LogP contribution in [0.3, 0.4) is 0 Å². The van der Waals surface area contributed by atoms with Gasteiger partial charge >= 0.3 is 0 Å². The fourth-order valence-corrected chi connectivity index (χ4v) is 6.28. The number of methoxy groups -OCH3 is 1. The van der Waals surface area contributed by atoms with Gasteiger partial charge in [0.05, 0.1) is 18.3 Å². The maximum atomic E-state index is 6.00. The predicted molar refractivity (Wildman–Crippen MR) is 123 cm³/mol. The smallest absolute Gasteiger partial charge is 0.161 e. The van der Waals surface area contributed by atoms with E-state index in [1.807, 2.05) is 23.5 Å². The third-order valence-corrected chi connectivity index (χ3v) is 8.06. The summed E-state index contributed by atoms with van der Waals surface area (Å²) in [5.41, 5.74) is 1.35. The van der Waals surface area contributed by atoms with Crippen molar-refractivity contribution in [2.75, 3.05) is 25.2 Å². The summed E-state index contributed by atoms with van der Waals surface area (Å²) in [6.07, 6.45) is 14.8. The highest BCUT2D eigenvalue weighted by Gasteiger charge is 2.18. The highest BCUT2D eigenvalue weighted by atomic mass is 32.2. The fraction of sp³-hybridized carbons (Fsp3) is 0.739. The van der Waals surface area contributed by atoms with Crippen LogP contribution in [-0.2, 0) is 0 Å². The lowest BCUT2D eigenvalue weighted by molar-refractivity contribution is 0.284. The Morgan fingerprint density at radius 3 is 2.11 bits per heavy atom. The minimum absolute atomic E-state index is 0.545. The highest BCUT2D eigenvalue weighted by Crippen LogP contribution is 2.45. The van der Waals surface area contributed by atoms with Crippen molar-refractivity contribution in [3.63, 3.8) is 0 Å². The van der Waals surface area contributed by atoms with Gasteiger partial charge in [-0.15, -0.1) is 23.5 Å². The molecule has 1 aliphatic heterocycles. The van der Waals surface area contributed by atoms with Crippen LogP contribution in [0, 0.1) is 0 Å². The molecule has 0 amide bonds. The number of hydrogen-bond acceptors (Lipinski definition) is 4. The van der Waals surface area contributed by atoms with Gasteiger partial charge in [0.1, 0.15) is 0 Å². The quantitative estimate of drug-likeness (QED) is 0.290. The van der Waals surface area contributed by atoms with E-state index in [1.54, 1.807) is 7.11 Å². The Morgan fingerprint density at radius 1 is 0.852 bits per heavy atom. The molecule has 1 aromatic carbocycles. The molecule has 0 bridgehead atoms. The van der Waals surface area contributed by atoms with Gasteiger partial charge in [-0.1, -0.05) is 70.8 Å². The maximum absolute atomic E-state index is 6.00. The molecule has 4 heteroatoms. The molecule has 1 aromatic rings. The average Bonchev–Trinajstić information content (AvgIpc) is 2.72. The van der Waals surface area contributed by atoms with Crippen LogP contribution in [0.4, 0.5) is 0 Å². The second-order valence-corrected chi connectivity index (χ2v) is 10.1. The average molecular weight is 411 g/mol. The molecule has 0 aliphatic carbocycles. The third-order valence-electron chi connectivity index (χ3n) is 5.04. The zero-order valence-electron chi connectivity index (χ0n) is 17.3. The minimum atomic E-state index is 0.545. The summed E-state index contributed by atoms with van der Waals surface area (Å²) in [6.45, 7) is 3.07. The first-order valence-corrected chi connectivity index (χ1v) is 13.0. The number of hydrogen-bond donors (Lipinski definition) is 0. The van der Waals surface area contributed by atoms with Crippen molar-refractivity contribution in [2.45, 2.75) is 82.1 Å². The van der Waals surface area contributed by atoms with Gasteiger partial charge in [0.2, 0.25) is 0 Å². The Kier molecular flexibility index (Phi) is 12.3. The van der Waals surface area contributed by atoms with Crippen molar-refractivity contribution in [3.8, 4) is 11.5 Å². The molecule has 27 heavy (non-hydrogen) atoms. The summed E-state index contributed by atoms with van der Waals surface area (Å²) in [4.78, 5) is 0. The van der Waals surface area contributed by atoms with Crippen LogP contribution in [0.1, 0.15) is 87.7 Å². The Hall–Kier alpha value is -0.480. The molecular weight excluding hydrogens is 372 g/mol. The predicted octanol–water partition coefficient (Wildman–Crippen LogP) is 7.86. The Morgan fingerprint density at radius 2 is 1.48 bits per heavy atom. The summed E-state index contributed by atoms with van der Waals surface area (Å²) in [6, 6.07) is 6.48. The Labute approximate surface area is 175 Å². The lowest BCUT2D eigenvalue weighted by Crippen LogP contribution is -2.03. The number of rotatable bonds is 14. The van der Waals surface area contributed by atoms with Crippen LogP contribution in [0.5, 0.6) is 11.5 Å².